The molecule has 0 heterocycles. The van der Waals surface area contributed by atoms with Crippen molar-refractivity contribution in [1.82, 2.24) is 0 Å². The molecule has 0 fully saturated rings. The maximum absolute atomic E-state index is 8.66. The summed E-state index contributed by atoms with van der Waals surface area (Å²) in [5, 5.41) is 26.0. The lowest BCUT2D eigenvalue weighted by atomic mass is 9.88. The average Bonchev–Trinajstić information content (AvgIpc) is 2.58. The molecule has 0 atom stereocenters. The Kier molecular flexibility index (Phi) is 41.3. The molecule has 0 saturated carbocycles. The summed E-state index contributed by atoms with van der Waals surface area (Å²) in [5.74, 6) is 3.04. The Morgan fingerprint density at radius 3 is 0.810 bits per heavy atom. The van der Waals surface area contributed by atoms with Gasteiger partial charge >= 0.3 is 0 Å². The van der Waals surface area contributed by atoms with Crippen LogP contribution in [0.5, 0.6) is 0 Å². The molecular formula is C15H38O3S3. The molecule has 0 aromatic carbocycles. The summed E-state index contributed by atoms with van der Waals surface area (Å²) in [6.07, 6.45) is 4.14. The fraction of sp³-hybridized carbons (Fsp3) is 1.00. The molecular weight excluding hydrogens is 324 g/mol. The predicted octanol–water partition coefficient (Wildman–Crippen LogP) is 3.34. The van der Waals surface area contributed by atoms with E-state index in [9.17, 15) is 0 Å². The number of aliphatic hydroxyl groups is 3. The van der Waals surface area contributed by atoms with Gasteiger partial charge in [-0.1, -0.05) is 27.7 Å². The molecule has 0 aliphatic heterocycles. The van der Waals surface area contributed by atoms with Gasteiger partial charge in [0.05, 0.1) is 19.8 Å². The lowest BCUT2D eigenvalue weighted by Crippen LogP contribution is -2.32. The smallest absolute Gasteiger partial charge is 0.0531 e. The van der Waals surface area contributed by atoms with Crippen molar-refractivity contribution in [3.63, 3.8) is 0 Å². The van der Waals surface area contributed by atoms with E-state index in [-0.39, 0.29) is 19.8 Å². The average molecular weight is 363 g/mol. The van der Waals surface area contributed by atoms with Crippen LogP contribution in [0.25, 0.3) is 0 Å². The molecule has 21 heavy (non-hydrogen) atoms. The standard InChI is InChI=1S/C6H14O3.3C3H8S/c1-2-6(3-7,4-8)5-9;3*1-2-3-4/h7-9H,2-5H2,1H3;3*4H,2-3H2,1H3. The number of aliphatic hydroxyl groups excluding tert-OH is 3. The van der Waals surface area contributed by atoms with Crippen molar-refractivity contribution in [2.45, 2.75) is 53.4 Å². The van der Waals surface area contributed by atoms with E-state index in [2.05, 4.69) is 58.7 Å². The Bertz CT molecular complexity index is 113. The van der Waals surface area contributed by atoms with Crippen LogP contribution in [-0.4, -0.2) is 52.4 Å². The molecule has 0 bridgehead atoms. The highest BCUT2D eigenvalue weighted by Crippen LogP contribution is 2.18. The molecule has 0 aliphatic carbocycles. The normalized spacial score (nSPS) is 9.43. The minimum absolute atomic E-state index is 0.156. The van der Waals surface area contributed by atoms with E-state index in [1.807, 2.05) is 6.92 Å². The van der Waals surface area contributed by atoms with Crippen molar-refractivity contribution in [3.05, 3.63) is 0 Å². The van der Waals surface area contributed by atoms with E-state index < -0.39 is 5.41 Å². The van der Waals surface area contributed by atoms with Crippen molar-refractivity contribution < 1.29 is 15.3 Å². The van der Waals surface area contributed by atoms with Crippen LogP contribution >= 0.6 is 37.9 Å². The first-order valence-corrected chi connectivity index (χ1v) is 9.54. The topological polar surface area (TPSA) is 60.7 Å². The van der Waals surface area contributed by atoms with Gasteiger partial charge in [-0.3, -0.25) is 0 Å². The van der Waals surface area contributed by atoms with Crippen molar-refractivity contribution in [2.24, 2.45) is 5.41 Å². The maximum atomic E-state index is 8.66. The lowest BCUT2D eigenvalue weighted by molar-refractivity contribution is 0.00304. The summed E-state index contributed by atoms with van der Waals surface area (Å²) >= 11 is 11.8. The van der Waals surface area contributed by atoms with Gasteiger partial charge in [0.2, 0.25) is 0 Å². The number of hydrogen-bond acceptors (Lipinski definition) is 6. The van der Waals surface area contributed by atoms with Gasteiger partial charge in [0.15, 0.2) is 0 Å². The lowest BCUT2D eigenvalue weighted by Gasteiger charge is -2.24. The van der Waals surface area contributed by atoms with Crippen LogP contribution in [0.4, 0.5) is 0 Å². The highest BCUT2D eigenvalue weighted by atomic mass is 32.1. The zero-order chi connectivity index (χ0) is 17.6. The van der Waals surface area contributed by atoms with Crippen LogP contribution in [0.2, 0.25) is 0 Å². The van der Waals surface area contributed by atoms with Crippen molar-refractivity contribution in [1.29, 1.82) is 0 Å². The highest BCUT2D eigenvalue weighted by Gasteiger charge is 2.24. The molecule has 0 aliphatic rings. The monoisotopic (exact) mass is 362 g/mol. The largest absolute Gasteiger partial charge is 0.396 e. The van der Waals surface area contributed by atoms with Gasteiger partial charge in [-0.15, -0.1) is 0 Å². The molecule has 0 amide bonds. The molecule has 3 nitrogen and oxygen atoms in total. The Hall–Kier alpha value is 0.930. The van der Waals surface area contributed by atoms with Crippen LogP contribution in [0.1, 0.15) is 53.4 Å². The molecule has 0 rings (SSSR count). The Balaban J connectivity index is -0.000000102. The molecule has 134 valence electrons. The summed E-state index contributed by atoms with van der Waals surface area (Å²) < 4.78 is 0. The summed E-state index contributed by atoms with van der Waals surface area (Å²) in [5.41, 5.74) is -0.667. The molecule has 0 unspecified atom stereocenters. The van der Waals surface area contributed by atoms with Gasteiger partial charge in [0.25, 0.3) is 0 Å². The van der Waals surface area contributed by atoms with E-state index in [4.69, 9.17) is 15.3 Å². The highest BCUT2D eigenvalue weighted by molar-refractivity contribution is 7.80. The second-order valence-electron chi connectivity index (χ2n) is 4.50. The van der Waals surface area contributed by atoms with Gasteiger partial charge in [-0.25, -0.2) is 0 Å². The SMILES string of the molecule is CCC(CO)(CO)CO.CCCS.CCCS.CCCS. The minimum atomic E-state index is -0.667. The van der Waals surface area contributed by atoms with E-state index in [0.29, 0.717) is 6.42 Å². The number of thiol groups is 3. The Labute approximate surface area is 149 Å². The second kappa shape index (κ2) is 29.0. The van der Waals surface area contributed by atoms with Crippen molar-refractivity contribution in [3.8, 4) is 0 Å². The third-order valence-electron chi connectivity index (χ3n) is 2.43. The van der Waals surface area contributed by atoms with Gasteiger partial charge in [-0.2, -0.15) is 37.9 Å². The maximum Gasteiger partial charge on any atom is 0.0531 e. The first-order valence-electron chi connectivity index (χ1n) is 7.64. The third-order valence-corrected chi connectivity index (χ3v) is 3.77. The molecule has 0 radical (unpaired) electrons. The molecule has 0 aromatic rings. The molecule has 0 aromatic heterocycles. The summed E-state index contributed by atoms with van der Waals surface area (Å²) in [4.78, 5) is 0. The fourth-order valence-corrected chi connectivity index (χ4v) is 0.485. The first-order chi connectivity index (χ1) is 9.99. The Morgan fingerprint density at radius 1 is 0.619 bits per heavy atom. The fourth-order valence-electron chi connectivity index (χ4n) is 0.485. The summed E-state index contributed by atoms with van der Waals surface area (Å²) in [6, 6.07) is 0. The summed E-state index contributed by atoms with van der Waals surface area (Å²) in [7, 11) is 0. The number of rotatable bonds is 7. The van der Waals surface area contributed by atoms with Crippen molar-refractivity contribution >= 4 is 37.9 Å². The van der Waals surface area contributed by atoms with Crippen LogP contribution in [0.3, 0.4) is 0 Å². The van der Waals surface area contributed by atoms with Crippen LogP contribution in [0, 0.1) is 5.41 Å². The first kappa shape index (κ1) is 29.9. The van der Waals surface area contributed by atoms with Crippen LogP contribution in [0.15, 0.2) is 0 Å². The van der Waals surface area contributed by atoms with Crippen LogP contribution < -0.4 is 0 Å². The van der Waals surface area contributed by atoms with E-state index in [1.165, 1.54) is 19.3 Å². The van der Waals surface area contributed by atoms with Crippen molar-refractivity contribution in [2.75, 3.05) is 37.1 Å². The van der Waals surface area contributed by atoms with Gasteiger partial charge in [0.1, 0.15) is 0 Å². The van der Waals surface area contributed by atoms with Gasteiger partial charge < -0.3 is 15.3 Å². The predicted molar refractivity (Wildman–Crippen MR) is 106 cm³/mol. The summed E-state index contributed by atoms with van der Waals surface area (Å²) in [6.45, 7) is 7.67. The number of hydrogen-bond donors (Lipinski definition) is 6. The Morgan fingerprint density at radius 2 is 0.810 bits per heavy atom. The van der Waals surface area contributed by atoms with Crippen LogP contribution in [-0.2, 0) is 0 Å². The molecule has 6 heteroatoms. The second-order valence-corrected chi connectivity index (χ2v) is 5.84. The molecule has 0 saturated heterocycles. The zero-order valence-corrected chi connectivity index (χ0v) is 16.9. The molecule has 0 spiro atoms. The zero-order valence-electron chi connectivity index (χ0n) is 14.3. The minimum Gasteiger partial charge on any atom is -0.396 e. The van der Waals surface area contributed by atoms with E-state index >= 15 is 0 Å². The van der Waals surface area contributed by atoms with E-state index in [1.54, 1.807) is 0 Å². The quantitative estimate of drug-likeness (QED) is 0.394. The van der Waals surface area contributed by atoms with Gasteiger partial charge in [-0.05, 0) is 42.9 Å². The third kappa shape index (κ3) is 29.6. The molecule has 3 N–H and O–H groups in total. The van der Waals surface area contributed by atoms with E-state index in [0.717, 1.165) is 17.3 Å². The van der Waals surface area contributed by atoms with Gasteiger partial charge in [0, 0.05) is 5.41 Å².